The molecule has 1 aliphatic rings. The molecule has 0 aromatic heterocycles. The molecule has 0 amide bonds. The maximum Gasteiger partial charge on any atom is 0.135 e. The Morgan fingerprint density at radius 3 is 2.83 bits per heavy atom. The van der Waals surface area contributed by atoms with Crippen molar-refractivity contribution in [3.8, 4) is 5.75 Å². The zero-order valence-electron chi connectivity index (χ0n) is 11.5. The number of hydrogen-bond donors (Lipinski definition) is 1. The maximum absolute atomic E-state index is 14.1. The summed E-state index contributed by atoms with van der Waals surface area (Å²) in [5.74, 6) is 0.487. The SMILES string of the molecule is Cc1c(O)cc2c(c1F)CCCN2CCC(C)C. The zero-order chi connectivity index (χ0) is 13.3. The molecule has 3 heteroatoms. The van der Waals surface area contributed by atoms with Gasteiger partial charge in [0.25, 0.3) is 0 Å². The molecule has 0 radical (unpaired) electrons. The lowest BCUT2D eigenvalue weighted by Crippen LogP contribution is -2.31. The molecule has 1 N–H and O–H groups in total. The van der Waals surface area contributed by atoms with E-state index < -0.39 is 0 Å². The normalized spacial score (nSPS) is 15.1. The third kappa shape index (κ3) is 2.45. The van der Waals surface area contributed by atoms with E-state index in [1.54, 1.807) is 13.0 Å². The molecule has 2 rings (SSSR count). The first kappa shape index (κ1) is 13.2. The second kappa shape index (κ2) is 5.17. The number of halogens is 1. The van der Waals surface area contributed by atoms with E-state index >= 15 is 0 Å². The van der Waals surface area contributed by atoms with Gasteiger partial charge < -0.3 is 10.0 Å². The van der Waals surface area contributed by atoms with Gasteiger partial charge in [-0.05, 0) is 32.1 Å². The molecule has 1 heterocycles. The van der Waals surface area contributed by atoms with Gasteiger partial charge in [-0.3, -0.25) is 0 Å². The standard InChI is InChI=1S/C15H22FNO/c1-10(2)6-8-17-7-4-5-12-13(17)9-14(18)11(3)15(12)16/h9-10,18H,4-8H2,1-3H3. The number of aromatic hydroxyl groups is 1. The van der Waals surface area contributed by atoms with Crippen LogP contribution in [0.5, 0.6) is 5.75 Å². The number of anilines is 1. The van der Waals surface area contributed by atoms with Crippen LogP contribution in [-0.2, 0) is 6.42 Å². The van der Waals surface area contributed by atoms with Crippen LogP contribution in [0.15, 0.2) is 6.07 Å². The fourth-order valence-corrected chi connectivity index (χ4v) is 2.51. The summed E-state index contributed by atoms with van der Waals surface area (Å²) in [6.45, 7) is 7.92. The fourth-order valence-electron chi connectivity index (χ4n) is 2.51. The minimum Gasteiger partial charge on any atom is -0.507 e. The Bertz CT molecular complexity index is 443. The average molecular weight is 251 g/mol. The second-order valence-electron chi connectivity index (χ2n) is 5.61. The van der Waals surface area contributed by atoms with Crippen molar-refractivity contribution in [2.45, 2.75) is 40.0 Å². The molecule has 0 saturated carbocycles. The largest absolute Gasteiger partial charge is 0.507 e. The van der Waals surface area contributed by atoms with Crippen molar-refractivity contribution in [3.63, 3.8) is 0 Å². The van der Waals surface area contributed by atoms with Crippen LogP contribution in [0, 0.1) is 18.7 Å². The molecule has 0 saturated heterocycles. The monoisotopic (exact) mass is 251 g/mol. The van der Waals surface area contributed by atoms with Crippen molar-refractivity contribution >= 4 is 5.69 Å². The maximum atomic E-state index is 14.1. The summed E-state index contributed by atoms with van der Waals surface area (Å²) in [6, 6.07) is 1.73. The van der Waals surface area contributed by atoms with E-state index in [4.69, 9.17) is 0 Å². The number of nitrogens with zero attached hydrogens (tertiary/aromatic N) is 1. The predicted molar refractivity (Wildman–Crippen MR) is 72.8 cm³/mol. The lowest BCUT2D eigenvalue weighted by molar-refractivity contribution is 0.459. The Morgan fingerprint density at radius 1 is 1.44 bits per heavy atom. The van der Waals surface area contributed by atoms with Crippen LogP contribution in [0.25, 0.3) is 0 Å². The first-order valence-electron chi connectivity index (χ1n) is 6.76. The third-order valence-electron chi connectivity index (χ3n) is 3.73. The van der Waals surface area contributed by atoms with Crippen LogP contribution in [-0.4, -0.2) is 18.2 Å². The topological polar surface area (TPSA) is 23.5 Å². The molecule has 0 unspecified atom stereocenters. The molecule has 0 bridgehead atoms. The van der Waals surface area contributed by atoms with Gasteiger partial charge in [0.15, 0.2) is 0 Å². The van der Waals surface area contributed by atoms with Crippen LogP contribution >= 0.6 is 0 Å². The third-order valence-corrected chi connectivity index (χ3v) is 3.73. The van der Waals surface area contributed by atoms with E-state index in [2.05, 4.69) is 18.7 Å². The van der Waals surface area contributed by atoms with Gasteiger partial charge in [-0.1, -0.05) is 13.8 Å². The van der Waals surface area contributed by atoms with Crippen LogP contribution < -0.4 is 4.90 Å². The molecule has 1 aromatic rings. The van der Waals surface area contributed by atoms with Gasteiger partial charge in [0.1, 0.15) is 11.6 Å². The van der Waals surface area contributed by atoms with Gasteiger partial charge in [-0.2, -0.15) is 0 Å². The Hall–Kier alpha value is -1.25. The minimum atomic E-state index is -0.223. The molecule has 100 valence electrons. The lowest BCUT2D eigenvalue weighted by atomic mass is 9.97. The van der Waals surface area contributed by atoms with Crippen molar-refractivity contribution < 1.29 is 9.50 Å². The van der Waals surface area contributed by atoms with Crippen molar-refractivity contribution in [2.24, 2.45) is 5.92 Å². The van der Waals surface area contributed by atoms with Crippen molar-refractivity contribution in [2.75, 3.05) is 18.0 Å². The summed E-state index contributed by atoms with van der Waals surface area (Å²) >= 11 is 0. The summed E-state index contributed by atoms with van der Waals surface area (Å²) in [4.78, 5) is 2.21. The van der Waals surface area contributed by atoms with Crippen molar-refractivity contribution in [1.82, 2.24) is 0 Å². The minimum absolute atomic E-state index is 0.0719. The van der Waals surface area contributed by atoms with E-state index in [-0.39, 0.29) is 11.6 Å². The average Bonchev–Trinajstić information content (AvgIpc) is 2.34. The van der Waals surface area contributed by atoms with Crippen LogP contribution in [0.4, 0.5) is 10.1 Å². The summed E-state index contributed by atoms with van der Waals surface area (Å²) in [5.41, 5.74) is 2.04. The van der Waals surface area contributed by atoms with E-state index in [9.17, 15) is 9.50 Å². The quantitative estimate of drug-likeness (QED) is 0.886. The van der Waals surface area contributed by atoms with Crippen molar-refractivity contribution in [3.05, 3.63) is 23.0 Å². The van der Waals surface area contributed by atoms with E-state index in [0.29, 0.717) is 11.5 Å². The van der Waals surface area contributed by atoms with Gasteiger partial charge >= 0.3 is 0 Å². The highest BCUT2D eigenvalue weighted by atomic mass is 19.1. The Morgan fingerprint density at radius 2 is 2.17 bits per heavy atom. The highest BCUT2D eigenvalue weighted by Crippen LogP contribution is 2.35. The zero-order valence-corrected chi connectivity index (χ0v) is 11.5. The van der Waals surface area contributed by atoms with Gasteiger partial charge in [0.05, 0.1) is 0 Å². The molecular formula is C15H22FNO. The molecule has 1 aliphatic heterocycles. The summed E-state index contributed by atoms with van der Waals surface area (Å²) in [6.07, 6.45) is 2.86. The number of hydrogen-bond acceptors (Lipinski definition) is 2. The molecule has 1 aromatic carbocycles. The molecule has 0 fully saturated rings. The fraction of sp³-hybridized carbons (Fsp3) is 0.600. The van der Waals surface area contributed by atoms with Crippen molar-refractivity contribution in [1.29, 1.82) is 0 Å². The molecular weight excluding hydrogens is 229 g/mol. The van der Waals surface area contributed by atoms with Crippen LogP contribution in [0.3, 0.4) is 0 Å². The molecule has 0 spiro atoms. The van der Waals surface area contributed by atoms with Crippen LogP contribution in [0.2, 0.25) is 0 Å². The summed E-state index contributed by atoms with van der Waals surface area (Å²) in [7, 11) is 0. The van der Waals surface area contributed by atoms with E-state index in [1.807, 2.05) is 0 Å². The smallest absolute Gasteiger partial charge is 0.135 e. The Balaban J connectivity index is 2.31. The van der Waals surface area contributed by atoms with E-state index in [0.717, 1.165) is 43.6 Å². The van der Waals surface area contributed by atoms with Gasteiger partial charge in [-0.25, -0.2) is 4.39 Å². The first-order valence-corrected chi connectivity index (χ1v) is 6.76. The number of phenols is 1. The summed E-state index contributed by atoms with van der Waals surface area (Å²) in [5, 5.41) is 9.78. The Kier molecular flexibility index (Phi) is 3.79. The molecule has 0 atom stereocenters. The number of phenolic OH excluding ortho intramolecular Hbond substituents is 1. The second-order valence-corrected chi connectivity index (χ2v) is 5.61. The van der Waals surface area contributed by atoms with Gasteiger partial charge in [0, 0.05) is 36.0 Å². The number of fused-ring (bicyclic) bond motifs is 1. The lowest BCUT2D eigenvalue weighted by Gasteiger charge is -2.32. The number of benzene rings is 1. The summed E-state index contributed by atoms with van der Waals surface area (Å²) < 4.78 is 14.1. The molecule has 2 nitrogen and oxygen atoms in total. The number of rotatable bonds is 3. The Labute approximate surface area is 108 Å². The van der Waals surface area contributed by atoms with Gasteiger partial charge in [-0.15, -0.1) is 0 Å². The predicted octanol–water partition coefficient (Wildman–Crippen LogP) is 3.64. The first-order chi connectivity index (χ1) is 8.50. The van der Waals surface area contributed by atoms with E-state index in [1.165, 1.54) is 0 Å². The van der Waals surface area contributed by atoms with Gasteiger partial charge in [0.2, 0.25) is 0 Å². The highest BCUT2D eigenvalue weighted by Gasteiger charge is 2.23. The molecule has 18 heavy (non-hydrogen) atoms. The van der Waals surface area contributed by atoms with Crippen LogP contribution in [0.1, 0.15) is 37.8 Å². The molecule has 0 aliphatic carbocycles. The highest BCUT2D eigenvalue weighted by molar-refractivity contribution is 5.61.